The molecule has 0 atom stereocenters. The van der Waals surface area contributed by atoms with Gasteiger partial charge < -0.3 is 4.42 Å². The van der Waals surface area contributed by atoms with Crippen molar-refractivity contribution in [1.82, 2.24) is 0 Å². The maximum atomic E-state index is 9.21. The molecule has 94 valence electrons. The summed E-state index contributed by atoms with van der Waals surface area (Å²) in [6, 6.07) is 12.0. The van der Waals surface area contributed by atoms with Gasteiger partial charge in [-0.25, -0.2) is 0 Å². The molecule has 1 N–H and O–H groups in total. The maximum absolute atomic E-state index is 9.21. The molecule has 0 aliphatic heterocycles. The fourth-order valence-corrected chi connectivity index (χ4v) is 2.72. The standard InChI is InChI=1S/C16H14N2O/c17-10-14-12-8-4-5-9-13(12)15(19-16(14)18)11-6-2-1-3-7-11/h1-3,6-7,18H,4-5,8-9H2. The lowest BCUT2D eigenvalue weighted by molar-refractivity contribution is 0.482. The summed E-state index contributed by atoms with van der Waals surface area (Å²) < 4.78 is 5.63. The summed E-state index contributed by atoms with van der Waals surface area (Å²) in [7, 11) is 0. The molecule has 3 nitrogen and oxygen atoms in total. The van der Waals surface area contributed by atoms with E-state index in [1.54, 1.807) is 0 Å². The smallest absolute Gasteiger partial charge is 0.230 e. The summed E-state index contributed by atoms with van der Waals surface area (Å²) in [6.45, 7) is 0. The number of benzene rings is 1. The van der Waals surface area contributed by atoms with Crippen LogP contribution in [0.3, 0.4) is 0 Å². The highest BCUT2D eigenvalue weighted by Gasteiger charge is 2.21. The largest absolute Gasteiger partial charge is 0.437 e. The van der Waals surface area contributed by atoms with E-state index in [2.05, 4.69) is 6.07 Å². The highest BCUT2D eigenvalue weighted by Crippen LogP contribution is 2.31. The van der Waals surface area contributed by atoms with Crippen LogP contribution in [-0.4, -0.2) is 0 Å². The van der Waals surface area contributed by atoms with Crippen LogP contribution in [-0.2, 0) is 12.8 Å². The Morgan fingerprint density at radius 3 is 2.42 bits per heavy atom. The summed E-state index contributed by atoms with van der Waals surface area (Å²) >= 11 is 0. The molecule has 19 heavy (non-hydrogen) atoms. The number of fused-ring (bicyclic) bond motifs is 1. The van der Waals surface area contributed by atoms with Crippen molar-refractivity contribution in [2.24, 2.45) is 0 Å². The second kappa shape index (κ2) is 4.74. The highest BCUT2D eigenvalue weighted by molar-refractivity contribution is 5.64. The van der Waals surface area contributed by atoms with E-state index in [1.807, 2.05) is 30.3 Å². The molecule has 0 bridgehead atoms. The summed E-state index contributed by atoms with van der Waals surface area (Å²) in [4.78, 5) is 0. The van der Waals surface area contributed by atoms with Crippen molar-refractivity contribution in [3.8, 4) is 17.4 Å². The van der Waals surface area contributed by atoms with Crippen molar-refractivity contribution in [2.75, 3.05) is 0 Å². The lowest BCUT2D eigenvalue weighted by Gasteiger charge is -2.19. The molecule has 1 heterocycles. The first-order chi connectivity index (χ1) is 9.31. The van der Waals surface area contributed by atoms with Gasteiger partial charge in [-0.15, -0.1) is 0 Å². The topological polar surface area (TPSA) is 60.8 Å². The molecule has 1 aliphatic carbocycles. The number of nitriles is 1. The van der Waals surface area contributed by atoms with Crippen LogP contribution in [0.25, 0.3) is 11.3 Å². The molecule has 0 fully saturated rings. The predicted molar refractivity (Wildman–Crippen MR) is 71.4 cm³/mol. The second-order valence-corrected chi connectivity index (χ2v) is 4.78. The molecule has 0 saturated heterocycles. The lowest BCUT2D eigenvalue weighted by atomic mass is 9.87. The van der Waals surface area contributed by atoms with E-state index in [1.165, 1.54) is 0 Å². The Labute approximate surface area is 111 Å². The van der Waals surface area contributed by atoms with Gasteiger partial charge in [-0.1, -0.05) is 30.3 Å². The zero-order valence-corrected chi connectivity index (χ0v) is 10.6. The predicted octanol–water partition coefficient (Wildman–Crippen LogP) is 3.18. The van der Waals surface area contributed by atoms with Gasteiger partial charge in [0, 0.05) is 11.1 Å². The van der Waals surface area contributed by atoms with Gasteiger partial charge in [0.2, 0.25) is 5.55 Å². The van der Waals surface area contributed by atoms with Crippen LogP contribution in [0.4, 0.5) is 0 Å². The summed E-state index contributed by atoms with van der Waals surface area (Å²) in [5.41, 5.74) is 3.52. The summed E-state index contributed by atoms with van der Waals surface area (Å²) in [5.74, 6) is 0.763. The molecule has 1 aliphatic rings. The van der Waals surface area contributed by atoms with E-state index in [0.717, 1.165) is 48.1 Å². The van der Waals surface area contributed by atoms with E-state index in [-0.39, 0.29) is 5.55 Å². The van der Waals surface area contributed by atoms with Crippen molar-refractivity contribution in [3.63, 3.8) is 0 Å². The Morgan fingerprint density at radius 1 is 1.05 bits per heavy atom. The first-order valence-electron chi connectivity index (χ1n) is 6.50. The molecule has 0 spiro atoms. The Bertz CT molecular complexity index is 708. The van der Waals surface area contributed by atoms with Crippen LogP contribution in [0.2, 0.25) is 0 Å². The van der Waals surface area contributed by atoms with Crippen molar-refractivity contribution in [2.45, 2.75) is 25.7 Å². The van der Waals surface area contributed by atoms with Gasteiger partial charge in [-0.3, -0.25) is 5.41 Å². The highest BCUT2D eigenvalue weighted by atomic mass is 16.3. The minimum Gasteiger partial charge on any atom is -0.437 e. The Morgan fingerprint density at radius 2 is 1.74 bits per heavy atom. The normalized spacial score (nSPS) is 13.6. The second-order valence-electron chi connectivity index (χ2n) is 4.78. The van der Waals surface area contributed by atoms with Gasteiger partial charge in [-0.2, -0.15) is 5.26 Å². The average Bonchev–Trinajstić information content (AvgIpc) is 2.47. The summed E-state index contributed by atoms with van der Waals surface area (Å²) in [5, 5.41) is 17.1. The molecule has 3 rings (SSSR count). The molecule has 0 unspecified atom stereocenters. The monoisotopic (exact) mass is 250 g/mol. The Kier molecular flexibility index (Phi) is 2.92. The van der Waals surface area contributed by atoms with Gasteiger partial charge in [0.25, 0.3) is 0 Å². The van der Waals surface area contributed by atoms with Crippen molar-refractivity contribution >= 4 is 0 Å². The zero-order chi connectivity index (χ0) is 13.2. The molecule has 2 aromatic rings. The SMILES string of the molecule is N#Cc1c2c(c(-c3ccccc3)oc1=N)CCCC2. The van der Waals surface area contributed by atoms with Crippen LogP contribution in [0.5, 0.6) is 0 Å². The Hall–Kier alpha value is -2.34. The fourth-order valence-electron chi connectivity index (χ4n) is 2.72. The van der Waals surface area contributed by atoms with E-state index in [9.17, 15) is 5.26 Å². The van der Waals surface area contributed by atoms with Crippen LogP contribution < -0.4 is 5.55 Å². The Balaban J connectivity index is 2.30. The molecule has 0 amide bonds. The third kappa shape index (κ3) is 1.96. The molecular weight excluding hydrogens is 236 g/mol. The van der Waals surface area contributed by atoms with Crippen LogP contribution in [0.15, 0.2) is 34.7 Å². The van der Waals surface area contributed by atoms with E-state index in [4.69, 9.17) is 9.83 Å². The molecule has 1 aromatic heterocycles. The molecule has 0 radical (unpaired) electrons. The fraction of sp³-hybridized carbons (Fsp3) is 0.250. The summed E-state index contributed by atoms with van der Waals surface area (Å²) in [6.07, 6.45) is 4.00. The average molecular weight is 250 g/mol. The third-order valence-corrected chi connectivity index (χ3v) is 3.62. The van der Waals surface area contributed by atoms with E-state index >= 15 is 0 Å². The van der Waals surface area contributed by atoms with Crippen molar-refractivity contribution in [1.29, 1.82) is 10.7 Å². The maximum Gasteiger partial charge on any atom is 0.230 e. The van der Waals surface area contributed by atoms with Crippen LogP contribution in [0.1, 0.15) is 29.5 Å². The van der Waals surface area contributed by atoms with Gasteiger partial charge in [-0.05, 0) is 31.2 Å². The molecule has 1 aromatic carbocycles. The first-order valence-corrected chi connectivity index (χ1v) is 6.50. The number of rotatable bonds is 1. The van der Waals surface area contributed by atoms with Crippen LogP contribution in [0, 0.1) is 16.7 Å². The minimum absolute atomic E-state index is 0.0120. The van der Waals surface area contributed by atoms with Gasteiger partial charge >= 0.3 is 0 Å². The third-order valence-electron chi connectivity index (χ3n) is 3.62. The van der Waals surface area contributed by atoms with Crippen molar-refractivity contribution in [3.05, 3.63) is 52.6 Å². The molecule has 3 heteroatoms. The minimum atomic E-state index is -0.0120. The molecule has 0 saturated carbocycles. The van der Waals surface area contributed by atoms with E-state index in [0.29, 0.717) is 5.56 Å². The van der Waals surface area contributed by atoms with Gasteiger partial charge in [0.05, 0.1) is 0 Å². The quantitative estimate of drug-likeness (QED) is 0.845. The number of nitrogens with zero attached hydrogens (tertiary/aromatic N) is 1. The van der Waals surface area contributed by atoms with E-state index < -0.39 is 0 Å². The number of hydrogen-bond acceptors (Lipinski definition) is 3. The van der Waals surface area contributed by atoms with Gasteiger partial charge in [0.1, 0.15) is 17.4 Å². The first kappa shape index (κ1) is 11.7. The molecular formula is C16H14N2O. The van der Waals surface area contributed by atoms with Gasteiger partial charge in [0.15, 0.2) is 0 Å². The zero-order valence-electron chi connectivity index (χ0n) is 10.6. The van der Waals surface area contributed by atoms with Crippen molar-refractivity contribution < 1.29 is 4.42 Å². The van der Waals surface area contributed by atoms with Crippen LogP contribution >= 0.6 is 0 Å². The number of hydrogen-bond donors (Lipinski definition) is 1. The lowest BCUT2D eigenvalue weighted by Crippen LogP contribution is -2.16. The number of nitrogens with one attached hydrogen (secondary N) is 1.